The van der Waals surface area contributed by atoms with E-state index in [0.29, 0.717) is 27.8 Å². The third-order valence-electron chi connectivity index (χ3n) is 3.81. The van der Waals surface area contributed by atoms with Crippen LogP contribution in [0.15, 0.2) is 47.4 Å². The molecule has 1 atom stereocenters. The fraction of sp³-hybridized carbons (Fsp3) is 0.250. The quantitative estimate of drug-likeness (QED) is 0.446. The summed E-state index contributed by atoms with van der Waals surface area (Å²) in [6, 6.07) is 11.9. The molecule has 2 rings (SSSR count). The zero-order valence-electron chi connectivity index (χ0n) is 15.6. The lowest BCUT2D eigenvalue weighted by Gasteiger charge is -2.16. The van der Waals surface area contributed by atoms with Gasteiger partial charge >= 0.3 is 5.97 Å². The van der Waals surface area contributed by atoms with E-state index in [-0.39, 0.29) is 29.9 Å². The van der Waals surface area contributed by atoms with Crippen LogP contribution in [0.1, 0.15) is 26.2 Å². The molecule has 9 heteroatoms. The molecule has 0 aliphatic heterocycles. The van der Waals surface area contributed by atoms with E-state index >= 15 is 0 Å². The molecule has 0 aliphatic rings. The Hall–Kier alpha value is -2.22. The molecule has 6 nitrogen and oxygen atoms in total. The Morgan fingerprint density at radius 1 is 1.07 bits per heavy atom. The van der Waals surface area contributed by atoms with Crippen LogP contribution in [0.25, 0.3) is 0 Å². The summed E-state index contributed by atoms with van der Waals surface area (Å²) in [7, 11) is 0. The van der Waals surface area contributed by atoms with Crippen LogP contribution in [0, 0.1) is 0 Å². The Bertz CT molecular complexity index is 908. The molecule has 0 saturated heterocycles. The number of amides is 2. The molecular weight excluding hydrogens is 435 g/mol. The number of hydrogen-bond acceptors (Lipinski definition) is 4. The van der Waals surface area contributed by atoms with Crippen molar-refractivity contribution in [1.82, 2.24) is 0 Å². The maximum atomic E-state index is 12.6. The van der Waals surface area contributed by atoms with Gasteiger partial charge in [-0.3, -0.25) is 14.4 Å². The van der Waals surface area contributed by atoms with E-state index in [4.69, 9.17) is 28.3 Å². The van der Waals surface area contributed by atoms with Gasteiger partial charge in [0.2, 0.25) is 11.8 Å². The molecule has 0 radical (unpaired) electrons. The standard InChI is InChI=1S/C20H20Cl2N2O4S/c1-2-17(20(28)24-16-7-6-12(21)10-15(16)22)29-14-5-3-4-13(11-14)23-18(25)8-9-19(26)27/h3-7,10-11,17H,2,8-9H2,1H3,(H,23,25)(H,24,28)(H,26,27). The first-order chi connectivity index (χ1) is 13.8. The minimum absolute atomic E-state index is 0.103. The highest BCUT2D eigenvalue weighted by Crippen LogP contribution is 2.30. The number of benzene rings is 2. The van der Waals surface area contributed by atoms with Crippen LogP contribution in [0.2, 0.25) is 10.0 Å². The summed E-state index contributed by atoms with van der Waals surface area (Å²) in [4.78, 5) is 35.8. The van der Waals surface area contributed by atoms with Crippen molar-refractivity contribution >= 4 is 64.1 Å². The minimum atomic E-state index is -1.03. The van der Waals surface area contributed by atoms with E-state index in [1.165, 1.54) is 11.8 Å². The van der Waals surface area contributed by atoms with E-state index in [0.717, 1.165) is 4.90 Å². The van der Waals surface area contributed by atoms with Gasteiger partial charge in [0.25, 0.3) is 0 Å². The van der Waals surface area contributed by atoms with Crippen LogP contribution >= 0.6 is 35.0 Å². The Kier molecular flexibility index (Phi) is 8.82. The molecular formula is C20H20Cl2N2O4S. The molecule has 0 aliphatic carbocycles. The number of aliphatic carboxylic acids is 1. The maximum absolute atomic E-state index is 12.6. The molecule has 29 heavy (non-hydrogen) atoms. The van der Waals surface area contributed by atoms with Gasteiger partial charge in [-0.05, 0) is 42.8 Å². The molecule has 2 aromatic carbocycles. The van der Waals surface area contributed by atoms with Crippen molar-refractivity contribution in [3.8, 4) is 0 Å². The zero-order chi connectivity index (χ0) is 21.4. The summed E-state index contributed by atoms with van der Waals surface area (Å²) in [5.41, 5.74) is 1.03. The molecule has 0 saturated carbocycles. The number of carboxylic acid groups (broad SMARTS) is 1. The van der Waals surface area contributed by atoms with Gasteiger partial charge in [0.15, 0.2) is 0 Å². The van der Waals surface area contributed by atoms with E-state index in [1.807, 2.05) is 13.0 Å². The molecule has 0 spiro atoms. The SMILES string of the molecule is CCC(Sc1cccc(NC(=O)CCC(=O)O)c1)C(=O)Nc1ccc(Cl)cc1Cl. The smallest absolute Gasteiger partial charge is 0.303 e. The first-order valence-corrected chi connectivity index (χ1v) is 10.5. The highest BCUT2D eigenvalue weighted by atomic mass is 35.5. The van der Waals surface area contributed by atoms with Gasteiger partial charge < -0.3 is 15.7 Å². The van der Waals surface area contributed by atoms with Crippen molar-refractivity contribution in [1.29, 1.82) is 0 Å². The van der Waals surface area contributed by atoms with Crippen LogP contribution in [0.3, 0.4) is 0 Å². The van der Waals surface area contributed by atoms with Crippen LogP contribution in [0.4, 0.5) is 11.4 Å². The van der Waals surface area contributed by atoms with Crippen molar-refractivity contribution in [2.24, 2.45) is 0 Å². The molecule has 3 N–H and O–H groups in total. The molecule has 0 bridgehead atoms. The number of halogens is 2. The molecule has 0 aromatic heterocycles. The molecule has 0 heterocycles. The minimum Gasteiger partial charge on any atom is -0.481 e. The predicted molar refractivity (Wildman–Crippen MR) is 117 cm³/mol. The van der Waals surface area contributed by atoms with Crippen molar-refractivity contribution in [2.75, 3.05) is 10.6 Å². The van der Waals surface area contributed by atoms with Gasteiger partial charge in [0, 0.05) is 22.0 Å². The van der Waals surface area contributed by atoms with Gasteiger partial charge in [-0.1, -0.05) is 36.2 Å². The average Bonchev–Trinajstić information content (AvgIpc) is 2.67. The number of rotatable bonds is 9. The molecule has 154 valence electrons. The van der Waals surface area contributed by atoms with Crippen LogP contribution in [-0.2, 0) is 14.4 Å². The lowest BCUT2D eigenvalue weighted by atomic mass is 10.2. The van der Waals surface area contributed by atoms with E-state index in [9.17, 15) is 14.4 Å². The van der Waals surface area contributed by atoms with Gasteiger partial charge in [0.05, 0.1) is 22.4 Å². The number of nitrogens with one attached hydrogen (secondary N) is 2. The molecule has 0 fully saturated rings. The largest absolute Gasteiger partial charge is 0.481 e. The predicted octanol–water partition coefficient (Wildman–Crippen LogP) is 5.31. The van der Waals surface area contributed by atoms with E-state index in [2.05, 4.69) is 10.6 Å². The van der Waals surface area contributed by atoms with E-state index < -0.39 is 5.97 Å². The molecule has 1 unspecified atom stereocenters. The summed E-state index contributed by atoms with van der Waals surface area (Å²) < 4.78 is 0. The van der Waals surface area contributed by atoms with Crippen LogP contribution in [0.5, 0.6) is 0 Å². The summed E-state index contributed by atoms with van der Waals surface area (Å²) in [5.74, 6) is -1.60. The molecule has 2 aromatic rings. The third kappa shape index (κ3) is 7.61. The number of carbonyl (C=O) groups excluding carboxylic acids is 2. The first-order valence-electron chi connectivity index (χ1n) is 8.82. The molecule has 2 amide bonds. The van der Waals surface area contributed by atoms with Gasteiger partial charge in [0.1, 0.15) is 0 Å². The topological polar surface area (TPSA) is 95.5 Å². The second-order valence-electron chi connectivity index (χ2n) is 6.10. The number of carboxylic acids is 1. The second kappa shape index (κ2) is 11.1. The summed E-state index contributed by atoms with van der Waals surface area (Å²) >= 11 is 13.3. The fourth-order valence-corrected chi connectivity index (χ4v) is 3.85. The van der Waals surface area contributed by atoms with Gasteiger partial charge in [-0.25, -0.2) is 0 Å². The Labute approximate surface area is 183 Å². The monoisotopic (exact) mass is 454 g/mol. The third-order valence-corrected chi connectivity index (χ3v) is 5.72. The van der Waals surface area contributed by atoms with Crippen molar-refractivity contribution in [3.05, 3.63) is 52.5 Å². The Balaban J connectivity index is 2.01. The van der Waals surface area contributed by atoms with Crippen LogP contribution < -0.4 is 10.6 Å². The van der Waals surface area contributed by atoms with Gasteiger partial charge in [-0.2, -0.15) is 0 Å². The number of hydrogen-bond donors (Lipinski definition) is 3. The van der Waals surface area contributed by atoms with E-state index in [1.54, 1.807) is 36.4 Å². The number of thioether (sulfide) groups is 1. The lowest BCUT2D eigenvalue weighted by Crippen LogP contribution is -2.24. The first kappa shape index (κ1) is 23.1. The van der Waals surface area contributed by atoms with Crippen LogP contribution in [-0.4, -0.2) is 28.1 Å². The highest BCUT2D eigenvalue weighted by molar-refractivity contribution is 8.00. The Morgan fingerprint density at radius 3 is 2.48 bits per heavy atom. The fourth-order valence-electron chi connectivity index (χ4n) is 2.38. The number of anilines is 2. The lowest BCUT2D eigenvalue weighted by molar-refractivity contribution is -0.138. The number of carbonyl (C=O) groups is 3. The van der Waals surface area contributed by atoms with Crippen molar-refractivity contribution < 1.29 is 19.5 Å². The normalized spacial score (nSPS) is 11.6. The summed E-state index contributed by atoms with van der Waals surface area (Å²) in [6.45, 7) is 1.90. The maximum Gasteiger partial charge on any atom is 0.303 e. The highest BCUT2D eigenvalue weighted by Gasteiger charge is 2.19. The van der Waals surface area contributed by atoms with Gasteiger partial charge in [-0.15, -0.1) is 11.8 Å². The van der Waals surface area contributed by atoms with Crippen molar-refractivity contribution in [3.63, 3.8) is 0 Å². The summed E-state index contributed by atoms with van der Waals surface area (Å²) in [6.07, 6.45) is 0.247. The zero-order valence-corrected chi connectivity index (χ0v) is 17.9. The second-order valence-corrected chi connectivity index (χ2v) is 8.22. The van der Waals surface area contributed by atoms with Crippen molar-refractivity contribution in [2.45, 2.75) is 36.3 Å². The summed E-state index contributed by atoms with van der Waals surface area (Å²) in [5, 5.41) is 14.6. The average molecular weight is 455 g/mol. The Morgan fingerprint density at radius 2 is 1.83 bits per heavy atom.